The van der Waals surface area contributed by atoms with E-state index in [4.69, 9.17) is 4.74 Å². The second-order valence-electron chi connectivity index (χ2n) is 2.10. The lowest BCUT2D eigenvalue weighted by Crippen LogP contribution is -2.44. The van der Waals surface area contributed by atoms with Crippen LogP contribution < -0.4 is 0 Å². The van der Waals surface area contributed by atoms with Crippen LogP contribution in [0.4, 0.5) is 0 Å². The molecule has 0 aromatic heterocycles. The van der Waals surface area contributed by atoms with Gasteiger partial charge in [-0.3, -0.25) is 9.79 Å². The number of carbonyl (C=O) groups is 1. The molecule has 0 amide bonds. The van der Waals surface area contributed by atoms with Crippen molar-refractivity contribution < 1.29 is 9.53 Å². The van der Waals surface area contributed by atoms with Gasteiger partial charge in [0.15, 0.2) is 0 Å². The third-order valence-electron chi connectivity index (χ3n) is 1.41. The van der Waals surface area contributed by atoms with Crippen molar-refractivity contribution >= 4 is 12.2 Å². The van der Waals surface area contributed by atoms with E-state index in [1.807, 2.05) is 6.92 Å². The van der Waals surface area contributed by atoms with Crippen LogP contribution in [0.5, 0.6) is 0 Å². The fourth-order valence-corrected chi connectivity index (χ4v) is 0.712. The van der Waals surface area contributed by atoms with Crippen LogP contribution >= 0.6 is 0 Å². The van der Waals surface area contributed by atoms with Crippen LogP contribution in [-0.4, -0.2) is 25.3 Å². The zero-order valence-electron chi connectivity index (χ0n) is 5.50. The molecule has 0 N–H and O–H groups in total. The molecule has 3 nitrogen and oxygen atoms in total. The van der Waals surface area contributed by atoms with Crippen molar-refractivity contribution in [3.63, 3.8) is 0 Å². The first-order valence-corrected chi connectivity index (χ1v) is 2.88. The van der Waals surface area contributed by atoms with Crippen LogP contribution in [0.2, 0.25) is 0 Å². The topological polar surface area (TPSA) is 38.7 Å². The Morgan fingerprint density at radius 3 is 2.78 bits per heavy atom. The highest BCUT2D eigenvalue weighted by molar-refractivity contribution is 5.86. The highest BCUT2D eigenvalue weighted by Crippen LogP contribution is 2.19. The Kier molecular flexibility index (Phi) is 1.51. The quantitative estimate of drug-likeness (QED) is 0.374. The summed E-state index contributed by atoms with van der Waals surface area (Å²) in [7, 11) is 1.67. The summed E-state index contributed by atoms with van der Waals surface area (Å²) in [5.74, 6) is -0.117. The fraction of sp³-hybridized carbons (Fsp3) is 0.667. The van der Waals surface area contributed by atoms with Gasteiger partial charge in [-0.2, -0.15) is 0 Å². The summed E-state index contributed by atoms with van der Waals surface area (Å²) in [4.78, 5) is 14.2. The van der Waals surface area contributed by atoms with E-state index in [0.29, 0.717) is 0 Å². The second kappa shape index (κ2) is 2.17. The van der Waals surface area contributed by atoms with Gasteiger partial charge in [0, 0.05) is 13.3 Å². The first-order valence-electron chi connectivity index (χ1n) is 2.88. The smallest absolute Gasteiger partial charge is 0.313 e. The number of aliphatic imine (C=N–C) groups is 1. The molecular weight excluding hydrogens is 118 g/mol. The third-order valence-corrected chi connectivity index (χ3v) is 1.41. The number of hydrogen-bond acceptors (Lipinski definition) is 3. The van der Waals surface area contributed by atoms with Crippen LogP contribution in [0.15, 0.2) is 4.99 Å². The number of esters is 1. The van der Waals surface area contributed by atoms with Crippen molar-refractivity contribution in [1.82, 2.24) is 0 Å². The first kappa shape index (κ1) is 6.26. The van der Waals surface area contributed by atoms with Crippen molar-refractivity contribution in [1.29, 1.82) is 0 Å². The molecule has 0 aliphatic carbocycles. The minimum absolute atomic E-state index is 0.00806. The lowest BCUT2D eigenvalue weighted by atomic mass is 10.0. The van der Waals surface area contributed by atoms with Gasteiger partial charge in [0.1, 0.15) is 6.10 Å². The maximum atomic E-state index is 10.4. The number of nitrogens with zero attached hydrogens (tertiary/aromatic N) is 1. The molecule has 0 radical (unpaired) electrons. The van der Waals surface area contributed by atoms with Crippen molar-refractivity contribution in [3.8, 4) is 0 Å². The Morgan fingerprint density at radius 1 is 1.78 bits per heavy atom. The molecule has 0 bridgehead atoms. The molecule has 1 unspecified atom stereocenters. The molecule has 0 saturated carbocycles. The lowest BCUT2D eigenvalue weighted by molar-refractivity contribution is -0.173. The maximum absolute atomic E-state index is 10.4. The summed E-state index contributed by atoms with van der Waals surface area (Å²) < 4.78 is 4.70. The van der Waals surface area contributed by atoms with E-state index in [-0.39, 0.29) is 18.0 Å². The Bertz CT molecular complexity index is 153. The average Bonchev–Trinajstić information content (AvgIpc) is 1.88. The molecule has 1 saturated heterocycles. The van der Waals surface area contributed by atoms with Gasteiger partial charge in [-0.25, -0.2) is 0 Å². The van der Waals surface area contributed by atoms with Crippen molar-refractivity contribution in [2.24, 2.45) is 10.9 Å². The number of cyclic esters (lactones) is 1. The Balaban J connectivity index is 2.42. The minimum Gasteiger partial charge on any atom is -0.455 e. The standard InChI is InChI=1S/C6H9NO2/c1-4-5(3-7-2)9-6(4)8/h3-5H,1-2H3/b7-3+/t4-,5?/m0/s1. The van der Waals surface area contributed by atoms with Gasteiger partial charge in [-0.1, -0.05) is 0 Å². The van der Waals surface area contributed by atoms with Crippen LogP contribution in [0.25, 0.3) is 0 Å². The zero-order valence-corrected chi connectivity index (χ0v) is 5.50. The number of ether oxygens (including phenoxy) is 1. The Hall–Kier alpha value is -0.860. The van der Waals surface area contributed by atoms with Crippen molar-refractivity contribution in [3.05, 3.63) is 0 Å². The van der Waals surface area contributed by atoms with Crippen LogP contribution in [0, 0.1) is 5.92 Å². The van der Waals surface area contributed by atoms with E-state index < -0.39 is 0 Å². The van der Waals surface area contributed by atoms with Gasteiger partial charge < -0.3 is 4.74 Å². The molecule has 1 fully saturated rings. The number of carbonyl (C=O) groups excluding carboxylic acids is 1. The maximum Gasteiger partial charge on any atom is 0.313 e. The molecule has 1 heterocycles. The summed E-state index contributed by atoms with van der Waals surface area (Å²) >= 11 is 0. The van der Waals surface area contributed by atoms with Gasteiger partial charge in [0.2, 0.25) is 0 Å². The molecule has 0 spiro atoms. The van der Waals surface area contributed by atoms with Gasteiger partial charge in [-0.15, -0.1) is 0 Å². The van der Waals surface area contributed by atoms with E-state index in [2.05, 4.69) is 4.99 Å². The van der Waals surface area contributed by atoms with E-state index in [9.17, 15) is 4.79 Å². The molecule has 50 valence electrons. The molecule has 2 atom stereocenters. The fourth-order valence-electron chi connectivity index (χ4n) is 0.712. The highest BCUT2D eigenvalue weighted by atomic mass is 16.6. The lowest BCUT2D eigenvalue weighted by Gasteiger charge is -2.29. The number of rotatable bonds is 1. The normalized spacial score (nSPS) is 34.2. The summed E-state index contributed by atoms with van der Waals surface area (Å²) in [6, 6.07) is 0. The van der Waals surface area contributed by atoms with Gasteiger partial charge in [0.05, 0.1) is 5.92 Å². The van der Waals surface area contributed by atoms with E-state index in [1.54, 1.807) is 13.3 Å². The second-order valence-corrected chi connectivity index (χ2v) is 2.10. The molecule has 0 aromatic rings. The third kappa shape index (κ3) is 0.943. The van der Waals surface area contributed by atoms with E-state index in [1.165, 1.54) is 0 Å². The molecule has 1 rings (SSSR count). The first-order chi connectivity index (χ1) is 4.25. The summed E-state index contributed by atoms with van der Waals surface area (Å²) in [5.41, 5.74) is 0. The summed E-state index contributed by atoms with van der Waals surface area (Å²) in [6.07, 6.45) is 1.58. The Labute approximate surface area is 53.7 Å². The monoisotopic (exact) mass is 127 g/mol. The molecule has 1 aliphatic heterocycles. The molecule has 3 heteroatoms. The predicted octanol–water partition coefficient (Wildman–Crippen LogP) is 0.249. The Morgan fingerprint density at radius 2 is 2.44 bits per heavy atom. The van der Waals surface area contributed by atoms with Gasteiger partial charge >= 0.3 is 5.97 Å². The molecular formula is C6H9NO2. The van der Waals surface area contributed by atoms with E-state index >= 15 is 0 Å². The van der Waals surface area contributed by atoms with Crippen LogP contribution in [-0.2, 0) is 9.53 Å². The molecule has 9 heavy (non-hydrogen) atoms. The molecule has 1 aliphatic rings. The summed E-state index contributed by atoms with van der Waals surface area (Å²) in [6.45, 7) is 1.83. The van der Waals surface area contributed by atoms with Crippen LogP contribution in [0.3, 0.4) is 0 Å². The summed E-state index contributed by atoms with van der Waals surface area (Å²) in [5, 5.41) is 0. The van der Waals surface area contributed by atoms with Gasteiger partial charge in [-0.05, 0) is 6.92 Å². The SMILES string of the molecule is C/N=C/C1OC(=O)[C@H]1C. The highest BCUT2D eigenvalue weighted by Gasteiger charge is 2.36. The molecule has 0 aromatic carbocycles. The number of hydrogen-bond donors (Lipinski definition) is 0. The zero-order chi connectivity index (χ0) is 6.85. The van der Waals surface area contributed by atoms with Crippen molar-refractivity contribution in [2.45, 2.75) is 13.0 Å². The van der Waals surface area contributed by atoms with Gasteiger partial charge in [0.25, 0.3) is 0 Å². The van der Waals surface area contributed by atoms with Crippen molar-refractivity contribution in [2.75, 3.05) is 7.05 Å². The average molecular weight is 127 g/mol. The minimum atomic E-state index is -0.125. The predicted molar refractivity (Wildman–Crippen MR) is 33.5 cm³/mol. The van der Waals surface area contributed by atoms with Crippen LogP contribution in [0.1, 0.15) is 6.92 Å². The van der Waals surface area contributed by atoms with E-state index in [0.717, 1.165) is 0 Å². The largest absolute Gasteiger partial charge is 0.455 e.